The van der Waals surface area contributed by atoms with Crippen molar-refractivity contribution in [2.75, 3.05) is 6.61 Å². The Bertz CT molecular complexity index is 813. The molecule has 0 radical (unpaired) electrons. The van der Waals surface area contributed by atoms with Crippen LogP contribution in [0, 0.1) is 24.2 Å². The van der Waals surface area contributed by atoms with Gasteiger partial charge in [-0.15, -0.1) is 0 Å². The summed E-state index contributed by atoms with van der Waals surface area (Å²) in [6, 6.07) is 7.18. The second kappa shape index (κ2) is 7.76. The average Bonchev–Trinajstić information content (AvgIpc) is 2.65. The zero-order valence-electron chi connectivity index (χ0n) is 16.6. The quantitative estimate of drug-likeness (QED) is 0.282. The van der Waals surface area contributed by atoms with E-state index in [-0.39, 0.29) is 12.6 Å². The normalized spacial score (nSPS) is 32.1. The maximum Gasteiger partial charge on any atom is 0.415 e. The lowest BCUT2D eigenvalue weighted by Gasteiger charge is -2.60. The molecule has 164 valence electrons. The van der Waals surface area contributed by atoms with E-state index in [0.29, 0.717) is 23.8 Å². The van der Waals surface area contributed by atoms with Gasteiger partial charge in [-0.25, -0.2) is 14.8 Å². The third kappa shape index (κ3) is 4.20. The van der Waals surface area contributed by atoms with Crippen LogP contribution in [0.5, 0.6) is 0 Å². The minimum atomic E-state index is -3.99. The summed E-state index contributed by atoms with van der Waals surface area (Å²) in [6.45, 7) is 1.78. The van der Waals surface area contributed by atoms with Crippen molar-refractivity contribution in [3.05, 3.63) is 35.4 Å². The number of alkyl halides is 2. The molecule has 0 saturated heterocycles. The first kappa shape index (κ1) is 21.5. The maximum atomic E-state index is 13.6. The van der Waals surface area contributed by atoms with Gasteiger partial charge in [-0.2, -0.15) is 13.1 Å². The van der Waals surface area contributed by atoms with Gasteiger partial charge < -0.3 is 9.47 Å². The van der Waals surface area contributed by atoms with Gasteiger partial charge in [0.15, 0.2) is 0 Å². The van der Waals surface area contributed by atoms with E-state index in [9.17, 15) is 18.4 Å². The minimum absolute atomic E-state index is 0.162. The molecule has 1 aromatic rings. The van der Waals surface area contributed by atoms with Crippen LogP contribution in [0.3, 0.4) is 0 Å². The molecule has 0 heterocycles. The maximum absolute atomic E-state index is 13.6. The third-order valence-electron chi connectivity index (χ3n) is 6.61. The van der Waals surface area contributed by atoms with Crippen molar-refractivity contribution in [2.45, 2.75) is 56.3 Å². The Morgan fingerprint density at radius 3 is 2.40 bits per heavy atom. The summed E-state index contributed by atoms with van der Waals surface area (Å²) in [7, 11) is 0. The van der Waals surface area contributed by atoms with Gasteiger partial charge in [-0.3, -0.25) is 0 Å². The molecule has 0 spiro atoms. The molecule has 4 fully saturated rings. The number of hydrogen-bond donors (Lipinski definition) is 1. The van der Waals surface area contributed by atoms with Crippen LogP contribution in [0.2, 0.25) is 0 Å². The number of halogens is 2. The number of rotatable bonds is 7. The fourth-order valence-electron chi connectivity index (χ4n) is 5.98. The zero-order chi connectivity index (χ0) is 21.6. The molecule has 1 aromatic carbocycles. The van der Waals surface area contributed by atoms with Crippen molar-refractivity contribution < 1.29 is 37.4 Å². The van der Waals surface area contributed by atoms with Gasteiger partial charge in [0.2, 0.25) is 0 Å². The molecule has 1 N–H and O–H groups in total. The first-order valence-electron chi connectivity index (χ1n) is 9.99. The molecule has 0 aromatic heterocycles. The molecule has 0 aliphatic heterocycles. The second-order valence-corrected chi connectivity index (χ2v) is 9.98. The molecule has 4 aliphatic rings. The smallest absolute Gasteiger partial charge is 0.415 e. The van der Waals surface area contributed by atoms with Crippen molar-refractivity contribution in [2.24, 2.45) is 17.3 Å². The molecule has 6 nitrogen and oxygen atoms in total. The van der Waals surface area contributed by atoms with Gasteiger partial charge in [-0.05, 0) is 69.4 Å². The van der Waals surface area contributed by atoms with Crippen molar-refractivity contribution in [3.8, 4) is 0 Å². The highest BCUT2D eigenvalue weighted by atomic mass is 32.2. The number of carbonyl (C=O) groups is 2. The number of carbonyl (C=O) groups excluding carboxylic acids is 2. The van der Waals surface area contributed by atoms with Crippen molar-refractivity contribution in [3.63, 3.8) is 0 Å². The molecule has 4 saturated carbocycles. The lowest BCUT2D eigenvalue weighted by Crippen LogP contribution is -2.59. The van der Waals surface area contributed by atoms with E-state index in [1.165, 1.54) is 0 Å². The van der Waals surface area contributed by atoms with Crippen LogP contribution in [0.4, 0.5) is 8.78 Å². The number of aryl methyl sites for hydroxylation is 1. The molecule has 5 rings (SSSR count). The van der Waals surface area contributed by atoms with Crippen molar-refractivity contribution in [1.29, 1.82) is 0 Å². The van der Waals surface area contributed by atoms with Gasteiger partial charge in [0.05, 0.1) is 12.2 Å². The molecule has 2 unspecified atom stereocenters. The highest BCUT2D eigenvalue weighted by molar-refractivity contribution is 7.96. The monoisotopic (exact) mass is 442 g/mol. The van der Waals surface area contributed by atoms with Crippen LogP contribution in [0.1, 0.15) is 54.4 Å². The molecular formula is C21H24F2O6S. The van der Waals surface area contributed by atoms with Crippen LogP contribution < -0.4 is 0 Å². The van der Waals surface area contributed by atoms with E-state index in [1.807, 2.05) is 19.1 Å². The summed E-state index contributed by atoms with van der Waals surface area (Å²) in [4.78, 5) is 24.5. The number of ether oxygens (including phenoxy) is 2. The Labute approximate surface area is 177 Å². The topological polar surface area (TPSA) is 82.1 Å². The van der Waals surface area contributed by atoms with Gasteiger partial charge in [0.1, 0.15) is 17.6 Å². The molecule has 0 amide bonds. The Kier molecular flexibility index (Phi) is 5.57. The van der Waals surface area contributed by atoms with Gasteiger partial charge in [0, 0.05) is 5.41 Å². The largest absolute Gasteiger partial charge is 0.460 e. The Hall–Kier alpha value is -1.71. The van der Waals surface area contributed by atoms with Gasteiger partial charge in [-0.1, -0.05) is 17.7 Å². The molecule has 30 heavy (non-hydrogen) atoms. The van der Waals surface area contributed by atoms with E-state index in [4.69, 9.17) is 14.7 Å². The summed E-state index contributed by atoms with van der Waals surface area (Å²) in [5, 5.41) is 4.21. The SMILES string of the molecule is Cc1ccc(C(=O)OC23CC4CC(CC(COC(=O)C(F)(F)SOO)(C4)C2)C3)cc1. The fourth-order valence-corrected chi connectivity index (χ4v) is 6.20. The van der Waals surface area contributed by atoms with Crippen LogP contribution in [-0.2, 0) is 18.6 Å². The van der Waals surface area contributed by atoms with Crippen molar-refractivity contribution >= 4 is 24.0 Å². The molecule has 2 atom stereocenters. The highest BCUT2D eigenvalue weighted by Gasteiger charge is 2.60. The summed E-state index contributed by atoms with van der Waals surface area (Å²) < 4.78 is 41.5. The first-order chi connectivity index (χ1) is 14.1. The van der Waals surface area contributed by atoms with E-state index in [2.05, 4.69) is 4.33 Å². The number of esters is 2. The summed E-state index contributed by atoms with van der Waals surface area (Å²) in [5.74, 6) is -1.51. The Morgan fingerprint density at radius 2 is 1.80 bits per heavy atom. The summed E-state index contributed by atoms with van der Waals surface area (Å²) in [6.07, 6.45) is 4.53. The Morgan fingerprint density at radius 1 is 1.17 bits per heavy atom. The number of benzene rings is 1. The molecular weight excluding hydrogens is 418 g/mol. The third-order valence-corrected chi connectivity index (χ3v) is 7.06. The predicted octanol–water partition coefficient (Wildman–Crippen LogP) is 4.76. The average molecular weight is 442 g/mol. The predicted molar refractivity (Wildman–Crippen MR) is 104 cm³/mol. The zero-order valence-corrected chi connectivity index (χ0v) is 17.4. The van der Waals surface area contributed by atoms with Crippen LogP contribution >= 0.6 is 12.0 Å². The molecule has 4 bridgehead atoms. The first-order valence-corrected chi connectivity index (χ1v) is 10.7. The lowest BCUT2D eigenvalue weighted by molar-refractivity contribution is -0.195. The standard InChI is InChI=1S/C21H24F2O6S/c1-13-2-4-16(5-3-13)17(24)28-20-9-14-6-15(10-20)8-19(7-14,11-20)12-27-18(25)21(22,23)30-29-26/h2-5,14-15,26H,6-12H2,1H3. The number of hydrogen-bond acceptors (Lipinski definition) is 7. The molecule has 4 aliphatic carbocycles. The van der Waals surface area contributed by atoms with E-state index < -0.39 is 34.3 Å². The van der Waals surface area contributed by atoms with Crippen molar-refractivity contribution in [1.82, 2.24) is 0 Å². The lowest BCUT2D eigenvalue weighted by atomic mass is 9.48. The van der Waals surface area contributed by atoms with Crippen LogP contribution in [-0.4, -0.2) is 34.7 Å². The summed E-state index contributed by atoms with van der Waals surface area (Å²) >= 11 is -0.657. The Balaban J connectivity index is 1.47. The molecule has 9 heteroatoms. The van der Waals surface area contributed by atoms with Crippen LogP contribution in [0.15, 0.2) is 24.3 Å². The van der Waals surface area contributed by atoms with E-state index >= 15 is 0 Å². The second-order valence-electron chi connectivity index (χ2n) is 9.15. The van der Waals surface area contributed by atoms with E-state index in [0.717, 1.165) is 37.7 Å². The highest BCUT2D eigenvalue weighted by Crippen LogP contribution is 2.63. The van der Waals surface area contributed by atoms with Gasteiger partial charge in [0.25, 0.3) is 0 Å². The van der Waals surface area contributed by atoms with Gasteiger partial charge >= 0.3 is 17.2 Å². The fraction of sp³-hybridized carbons (Fsp3) is 0.619. The van der Waals surface area contributed by atoms with E-state index in [1.54, 1.807) is 12.1 Å². The summed E-state index contributed by atoms with van der Waals surface area (Å²) in [5.41, 5.74) is 0.402. The minimum Gasteiger partial charge on any atom is -0.460 e. The van der Waals surface area contributed by atoms with Crippen LogP contribution in [0.25, 0.3) is 0 Å².